The molecule has 66 valence electrons. The largest absolute Gasteiger partial charge is 0.481 e. The van der Waals surface area contributed by atoms with E-state index >= 15 is 0 Å². The monoisotopic (exact) mass is 188 g/mol. The van der Waals surface area contributed by atoms with Crippen LogP contribution in [0.25, 0.3) is 0 Å². The molecule has 4 nitrogen and oxygen atoms in total. The van der Waals surface area contributed by atoms with Crippen molar-refractivity contribution < 1.29 is 9.90 Å². The highest BCUT2D eigenvalue weighted by molar-refractivity contribution is 6.28. The van der Waals surface area contributed by atoms with Gasteiger partial charge in [0.05, 0.1) is 6.42 Å². The van der Waals surface area contributed by atoms with Crippen LogP contribution in [0.3, 0.4) is 0 Å². The minimum absolute atomic E-state index is 0.0517. The molecule has 12 heavy (non-hydrogen) atoms. The fraction of sp³-hybridized carbons (Fsp3) is 0.429. The summed E-state index contributed by atoms with van der Waals surface area (Å²) in [5.74, 6) is -0.840. The quantitative estimate of drug-likeness (QED) is 0.784. The van der Waals surface area contributed by atoms with Gasteiger partial charge in [-0.2, -0.15) is 0 Å². The highest BCUT2D eigenvalue weighted by atomic mass is 35.5. The van der Waals surface area contributed by atoms with Gasteiger partial charge in [-0.3, -0.25) is 4.79 Å². The Balaban J connectivity index is 2.71. The van der Waals surface area contributed by atoms with Crippen LogP contribution in [0.4, 0.5) is 0 Å². The standard InChI is InChI=1S/C7H9ClN2O2/c1-5(4-6(11)12)10-3-2-9-7(10)8/h2-3,5H,4H2,1H3,(H,11,12). The van der Waals surface area contributed by atoms with Gasteiger partial charge in [-0.05, 0) is 18.5 Å². The summed E-state index contributed by atoms with van der Waals surface area (Å²) < 4.78 is 1.62. The smallest absolute Gasteiger partial charge is 0.305 e. The van der Waals surface area contributed by atoms with Gasteiger partial charge in [-0.25, -0.2) is 4.98 Å². The van der Waals surface area contributed by atoms with Crippen LogP contribution in [0.2, 0.25) is 5.28 Å². The highest BCUT2D eigenvalue weighted by Gasteiger charge is 2.11. The molecule has 0 saturated heterocycles. The van der Waals surface area contributed by atoms with Crippen LogP contribution in [0.15, 0.2) is 12.4 Å². The first-order valence-corrected chi connectivity index (χ1v) is 3.89. The molecule has 1 atom stereocenters. The predicted molar refractivity (Wildman–Crippen MR) is 44.2 cm³/mol. The van der Waals surface area contributed by atoms with Crippen molar-refractivity contribution in [2.24, 2.45) is 0 Å². The average Bonchev–Trinajstić information content (AvgIpc) is 2.33. The molecule has 0 aliphatic rings. The van der Waals surface area contributed by atoms with Crippen LogP contribution < -0.4 is 0 Å². The topological polar surface area (TPSA) is 55.1 Å². The number of aliphatic carboxylic acids is 1. The summed E-state index contributed by atoms with van der Waals surface area (Å²) in [4.78, 5) is 14.1. The lowest BCUT2D eigenvalue weighted by Crippen LogP contribution is -2.09. The minimum Gasteiger partial charge on any atom is -0.481 e. The second-order valence-corrected chi connectivity index (χ2v) is 2.89. The fourth-order valence-electron chi connectivity index (χ4n) is 0.975. The summed E-state index contributed by atoms with van der Waals surface area (Å²) in [6.45, 7) is 1.78. The average molecular weight is 189 g/mol. The Morgan fingerprint density at radius 3 is 3.00 bits per heavy atom. The molecule has 1 rings (SSSR count). The first-order chi connectivity index (χ1) is 5.61. The van der Waals surface area contributed by atoms with E-state index in [1.54, 1.807) is 23.9 Å². The summed E-state index contributed by atoms with van der Waals surface area (Å²) in [5.41, 5.74) is 0. The molecule has 0 bridgehead atoms. The van der Waals surface area contributed by atoms with Crippen molar-refractivity contribution in [1.29, 1.82) is 0 Å². The number of nitrogens with zero attached hydrogens (tertiary/aromatic N) is 2. The third-order valence-electron chi connectivity index (χ3n) is 1.57. The summed E-state index contributed by atoms with van der Waals surface area (Å²) in [6.07, 6.45) is 3.26. The zero-order valence-corrected chi connectivity index (χ0v) is 7.32. The van der Waals surface area contributed by atoms with Crippen molar-refractivity contribution in [2.45, 2.75) is 19.4 Å². The Bertz CT molecular complexity index is 285. The molecule has 5 heteroatoms. The molecule has 0 fully saturated rings. The minimum atomic E-state index is -0.840. The Morgan fingerprint density at radius 2 is 2.58 bits per heavy atom. The van der Waals surface area contributed by atoms with E-state index in [-0.39, 0.29) is 12.5 Å². The van der Waals surface area contributed by atoms with Gasteiger partial charge >= 0.3 is 5.97 Å². The van der Waals surface area contributed by atoms with Crippen molar-refractivity contribution in [3.8, 4) is 0 Å². The number of halogens is 1. The van der Waals surface area contributed by atoms with Crippen molar-refractivity contribution >= 4 is 17.6 Å². The van der Waals surface area contributed by atoms with E-state index in [1.165, 1.54) is 0 Å². The molecule has 0 radical (unpaired) electrons. The molecular weight excluding hydrogens is 180 g/mol. The zero-order valence-electron chi connectivity index (χ0n) is 6.57. The van der Waals surface area contributed by atoms with Gasteiger partial charge in [0.1, 0.15) is 0 Å². The number of hydrogen-bond donors (Lipinski definition) is 1. The summed E-state index contributed by atoms with van der Waals surface area (Å²) in [5, 5.41) is 8.82. The van der Waals surface area contributed by atoms with Crippen LogP contribution in [-0.2, 0) is 4.79 Å². The Morgan fingerprint density at radius 1 is 1.92 bits per heavy atom. The van der Waals surface area contributed by atoms with Crippen molar-refractivity contribution in [2.75, 3.05) is 0 Å². The molecule has 0 aliphatic carbocycles. The third kappa shape index (κ3) is 1.98. The van der Waals surface area contributed by atoms with E-state index < -0.39 is 5.97 Å². The molecule has 1 aromatic rings. The SMILES string of the molecule is CC(CC(=O)O)n1ccnc1Cl. The van der Waals surface area contributed by atoms with Gasteiger partial charge in [0.2, 0.25) is 5.28 Å². The second kappa shape index (κ2) is 3.58. The van der Waals surface area contributed by atoms with E-state index in [4.69, 9.17) is 16.7 Å². The van der Waals surface area contributed by atoms with Gasteiger partial charge in [0, 0.05) is 18.4 Å². The number of carboxylic acids is 1. The normalized spacial score (nSPS) is 12.8. The molecule has 1 heterocycles. The summed E-state index contributed by atoms with van der Waals surface area (Å²) in [7, 11) is 0. The number of rotatable bonds is 3. The Hall–Kier alpha value is -1.03. The molecule has 0 saturated carbocycles. The van der Waals surface area contributed by atoms with Gasteiger partial charge in [-0.1, -0.05) is 0 Å². The van der Waals surface area contributed by atoms with E-state index in [9.17, 15) is 4.79 Å². The number of carbonyl (C=O) groups is 1. The van der Waals surface area contributed by atoms with E-state index in [0.717, 1.165) is 0 Å². The molecule has 0 spiro atoms. The molecule has 0 amide bonds. The maximum absolute atomic E-state index is 10.3. The molecule has 0 aromatic carbocycles. The lowest BCUT2D eigenvalue weighted by atomic mass is 10.2. The van der Waals surface area contributed by atoms with Gasteiger partial charge in [0.25, 0.3) is 0 Å². The third-order valence-corrected chi connectivity index (χ3v) is 1.86. The highest BCUT2D eigenvalue weighted by Crippen LogP contribution is 2.16. The lowest BCUT2D eigenvalue weighted by Gasteiger charge is -2.10. The van der Waals surface area contributed by atoms with Gasteiger partial charge in [-0.15, -0.1) is 0 Å². The van der Waals surface area contributed by atoms with Crippen LogP contribution in [0.5, 0.6) is 0 Å². The number of imidazole rings is 1. The van der Waals surface area contributed by atoms with Crippen LogP contribution in [0.1, 0.15) is 19.4 Å². The molecular formula is C7H9ClN2O2. The first-order valence-electron chi connectivity index (χ1n) is 3.51. The van der Waals surface area contributed by atoms with Crippen LogP contribution in [-0.4, -0.2) is 20.6 Å². The molecule has 1 unspecified atom stereocenters. The molecule has 0 aliphatic heterocycles. The maximum Gasteiger partial charge on any atom is 0.305 e. The van der Waals surface area contributed by atoms with E-state index in [0.29, 0.717) is 5.28 Å². The van der Waals surface area contributed by atoms with Crippen LogP contribution in [0, 0.1) is 0 Å². The Labute approximate surface area is 74.8 Å². The van der Waals surface area contributed by atoms with Crippen molar-refractivity contribution in [3.05, 3.63) is 17.7 Å². The molecule has 1 N–H and O–H groups in total. The van der Waals surface area contributed by atoms with Crippen LogP contribution >= 0.6 is 11.6 Å². The number of carboxylic acid groups (broad SMARTS) is 1. The number of hydrogen-bond acceptors (Lipinski definition) is 2. The summed E-state index contributed by atoms with van der Waals surface area (Å²) in [6, 6.07) is -0.155. The van der Waals surface area contributed by atoms with E-state index in [2.05, 4.69) is 4.98 Å². The predicted octanol–water partition coefficient (Wildman–Crippen LogP) is 1.57. The second-order valence-electron chi connectivity index (χ2n) is 2.55. The Kier molecular flexibility index (Phi) is 2.70. The van der Waals surface area contributed by atoms with Crippen molar-refractivity contribution in [1.82, 2.24) is 9.55 Å². The van der Waals surface area contributed by atoms with Gasteiger partial charge < -0.3 is 9.67 Å². The zero-order chi connectivity index (χ0) is 9.14. The summed E-state index contributed by atoms with van der Waals surface area (Å²) >= 11 is 5.68. The van der Waals surface area contributed by atoms with Crippen molar-refractivity contribution in [3.63, 3.8) is 0 Å². The van der Waals surface area contributed by atoms with Gasteiger partial charge in [0.15, 0.2) is 0 Å². The van der Waals surface area contributed by atoms with E-state index in [1.807, 2.05) is 0 Å². The maximum atomic E-state index is 10.3. The molecule has 1 aromatic heterocycles. The first kappa shape index (κ1) is 9.06. The lowest BCUT2D eigenvalue weighted by molar-refractivity contribution is -0.137. The number of aromatic nitrogens is 2. The fourth-order valence-corrected chi connectivity index (χ4v) is 1.25.